The number of benzene rings is 2. The molecule has 1 heterocycles. The maximum Gasteiger partial charge on any atom is 0.217 e. The molecule has 0 saturated carbocycles. The number of aliphatic hydroxyl groups excluding tert-OH is 1. The fourth-order valence-electron chi connectivity index (χ4n) is 4.37. The molecule has 2 aromatic rings. The first-order valence-corrected chi connectivity index (χ1v) is 10.7. The van der Waals surface area contributed by atoms with E-state index in [-0.39, 0.29) is 30.2 Å². The Morgan fingerprint density at radius 2 is 1.81 bits per heavy atom. The highest BCUT2D eigenvalue weighted by molar-refractivity contribution is 5.73. The number of hydrogen-bond donors (Lipinski definition) is 3. The van der Waals surface area contributed by atoms with E-state index in [9.17, 15) is 23.1 Å². The third kappa shape index (κ3) is 7.08. The van der Waals surface area contributed by atoms with Gasteiger partial charge in [-0.3, -0.25) is 4.79 Å². The summed E-state index contributed by atoms with van der Waals surface area (Å²) in [5.41, 5.74) is 1.29. The molecule has 31 heavy (non-hydrogen) atoms. The summed E-state index contributed by atoms with van der Waals surface area (Å²) in [5, 5.41) is 17.2. The van der Waals surface area contributed by atoms with E-state index in [4.69, 9.17) is 0 Å². The Morgan fingerprint density at radius 3 is 2.48 bits per heavy atom. The van der Waals surface area contributed by atoms with Crippen LogP contribution in [0.2, 0.25) is 0 Å². The summed E-state index contributed by atoms with van der Waals surface area (Å²) in [6.45, 7) is 1.35. The minimum absolute atomic E-state index is 0.113. The number of hydrogen-bond acceptors (Lipinski definition) is 3. The Hall–Kier alpha value is -2.38. The van der Waals surface area contributed by atoms with Crippen LogP contribution in [0.4, 0.5) is 13.2 Å². The van der Waals surface area contributed by atoms with Gasteiger partial charge in [0.25, 0.3) is 0 Å². The predicted octanol–water partition coefficient (Wildman–Crippen LogP) is 3.66. The van der Waals surface area contributed by atoms with E-state index in [0.29, 0.717) is 5.56 Å². The monoisotopic (exact) mass is 434 g/mol. The van der Waals surface area contributed by atoms with Crippen molar-refractivity contribution in [1.29, 1.82) is 0 Å². The van der Waals surface area contributed by atoms with Gasteiger partial charge in [-0.05, 0) is 67.5 Å². The van der Waals surface area contributed by atoms with Crippen molar-refractivity contribution in [2.24, 2.45) is 0 Å². The van der Waals surface area contributed by atoms with Gasteiger partial charge in [0.15, 0.2) is 0 Å². The van der Waals surface area contributed by atoms with Crippen LogP contribution in [0.5, 0.6) is 0 Å². The maximum absolute atomic E-state index is 13.6. The molecule has 4 unspecified atom stereocenters. The molecule has 1 saturated heterocycles. The normalized spacial score (nSPS) is 20.8. The van der Waals surface area contributed by atoms with Crippen LogP contribution in [0.1, 0.15) is 43.7 Å². The molecule has 4 atom stereocenters. The highest BCUT2D eigenvalue weighted by Crippen LogP contribution is 2.22. The Labute approximate surface area is 180 Å². The van der Waals surface area contributed by atoms with E-state index in [0.717, 1.165) is 43.7 Å². The van der Waals surface area contributed by atoms with E-state index in [1.165, 1.54) is 31.2 Å². The zero-order valence-electron chi connectivity index (χ0n) is 17.6. The van der Waals surface area contributed by atoms with Gasteiger partial charge < -0.3 is 15.7 Å². The van der Waals surface area contributed by atoms with E-state index in [1.54, 1.807) is 6.07 Å². The Morgan fingerprint density at radius 1 is 1.10 bits per heavy atom. The van der Waals surface area contributed by atoms with Crippen molar-refractivity contribution in [2.45, 2.75) is 69.7 Å². The number of aryl methyl sites for hydroxylation is 1. The minimum atomic E-state index is -0.924. The molecule has 2 aromatic carbocycles. The third-order valence-electron chi connectivity index (χ3n) is 5.78. The SMILES string of the molecule is CC(=O)NC(Cc1cc(F)cc(F)c1)C(O)C1CCCC(CCc2cccc(F)c2)N1. The fraction of sp³-hybridized carbons (Fsp3) is 0.458. The fourth-order valence-corrected chi connectivity index (χ4v) is 4.37. The number of piperidine rings is 1. The number of halogens is 3. The second-order valence-corrected chi connectivity index (χ2v) is 8.35. The lowest BCUT2D eigenvalue weighted by Crippen LogP contribution is -2.57. The van der Waals surface area contributed by atoms with Crippen LogP contribution < -0.4 is 10.6 Å². The lowest BCUT2D eigenvalue weighted by molar-refractivity contribution is -0.120. The molecule has 1 fully saturated rings. The van der Waals surface area contributed by atoms with Gasteiger partial charge in [0.05, 0.1) is 12.1 Å². The summed E-state index contributed by atoms with van der Waals surface area (Å²) in [6.07, 6.45) is 3.28. The number of amides is 1. The van der Waals surface area contributed by atoms with Crippen molar-refractivity contribution in [3.05, 3.63) is 71.0 Å². The van der Waals surface area contributed by atoms with E-state index in [1.807, 2.05) is 6.07 Å². The lowest BCUT2D eigenvalue weighted by atomic mass is 9.87. The molecule has 1 amide bonds. The van der Waals surface area contributed by atoms with Crippen LogP contribution in [0.15, 0.2) is 42.5 Å². The number of carbonyl (C=O) groups is 1. The highest BCUT2D eigenvalue weighted by Gasteiger charge is 2.32. The van der Waals surface area contributed by atoms with Gasteiger partial charge in [-0.2, -0.15) is 0 Å². The van der Waals surface area contributed by atoms with E-state index >= 15 is 0 Å². The molecule has 0 bridgehead atoms. The summed E-state index contributed by atoms with van der Waals surface area (Å²) in [4.78, 5) is 11.7. The van der Waals surface area contributed by atoms with Crippen molar-refractivity contribution < 1.29 is 23.1 Å². The minimum Gasteiger partial charge on any atom is -0.389 e. The number of nitrogens with one attached hydrogen (secondary N) is 2. The first-order valence-electron chi connectivity index (χ1n) is 10.7. The van der Waals surface area contributed by atoms with Crippen LogP contribution in [0.25, 0.3) is 0 Å². The Bertz CT molecular complexity index is 873. The predicted molar refractivity (Wildman–Crippen MR) is 113 cm³/mol. The van der Waals surface area contributed by atoms with Gasteiger partial charge in [-0.15, -0.1) is 0 Å². The summed E-state index contributed by atoms with van der Waals surface area (Å²) in [5.74, 6) is -1.97. The highest BCUT2D eigenvalue weighted by atomic mass is 19.1. The molecule has 0 aromatic heterocycles. The van der Waals surface area contributed by atoms with Gasteiger partial charge in [0.1, 0.15) is 17.5 Å². The smallest absolute Gasteiger partial charge is 0.217 e. The average Bonchev–Trinajstić information content (AvgIpc) is 2.70. The molecule has 0 aliphatic carbocycles. The zero-order chi connectivity index (χ0) is 22.4. The molecule has 1 aliphatic rings. The number of aliphatic hydroxyl groups is 1. The summed E-state index contributed by atoms with van der Waals surface area (Å²) in [7, 11) is 0. The van der Waals surface area contributed by atoms with Crippen LogP contribution in [-0.4, -0.2) is 35.2 Å². The molecule has 168 valence electrons. The van der Waals surface area contributed by atoms with Crippen LogP contribution in [-0.2, 0) is 17.6 Å². The maximum atomic E-state index is 13.6. The van der Waals surface area contributed by atoms with Crippen molar-refractivity contribution >= 4 is 5.91 Å². The van der Waals surface area contributed by atoms with Gasteiger partial charge in [-0.1, -0.05) is 18.6 Å². The quantitative estimate of drug-likeness (QED) is 0.594. The standard InChI is InChI=1S/C24H29F3N2O2/c1-15(30)28-23(13-17-11-19(26)14-20(27)12-17)24(31)22-7-3-6-21(29-22)9-8-16-4-2-5-18(25)10-16/h2,4-5,10-12,14,21-24,29,31H,3,6-9,13H2,1H3,(H,28,30). The Kier molecular flexibility index (Phi) is 8.09. The van der Waals surface area contributed by atoms with Crippen molar-refractivity contribution in [2.75, 3.05) is 0 Å². The van der Waals surface area contributed by atoms with Gasteiger partial charge >= 0.3 is 0 Å². The second kappa shape index (κ2) is 10.8. The molecule has 1 aliphatic heterocycles. The van der Waals surface area contributed by atoms with Crippen molar-refractivity contribution in [1.82, 2.24) is 10.6 Å². The molecule has 0 spiro atoms. The second-order valence-electron chi connectivity index (χ2n) is 8.35. The van der Waals surface area contributed by atoms with Gasteiger partial charge in [0, 0.05) is 25.1 Å². The number of rotatable bonds is 8. The third-order valence-corrected chi connectivity index (χ3v) is 5.78. The average molecular weight is 435 g/mol. The van der Waals surface area contributed by atoms with Crippen LogP contribution >= 0.6 is 0 Å². The first-order chi connectivity index (χ1) is 14.8. The van der Waals surface area contributed by atoms with Gasteiger partial charge in [0.2, 0.25) is 5.91 Å². The topological polar surface area (TPSA) is 61.4 Å². The first kappa shape index (κ1) is 23.3. The molecule has 3 N–H and O–H groups in total. The van der Waals surface area contributed by atoms with E-state index in [2.05, 4.69) is 10.6 Å². The number of carbonyl (C=O) groups excluding carboxylic acids is 1. The summed E-state index contributed by atoms with van der Waals surface area (Å²) in [6, 6.07) is 8.95. The molecular formula is C24H29F3N2O2. The molecule has 0 radical (unpaired) electrons. The zero-order valence-corrected chi connectivity index (χ0v) is 17.6. The molecule has 4 nitrogen and oxygen atoms in total. The lowest BCUT2D eigenvalue weighted by Gasteiger charge is -2.37. The summed E-state index contributed by atoms with van der Waals surface area (Å²) < 4.78 is 40.5. The molecule has 3 rings (SSSR count). The summed E-state index contributed by atoms with van der Waals surface area (Å²) >= 11 is 0. The molecular weight excluding hydrogens is 405 g/mol. The Balaban J connectivity index is 1.63. The van der Waals surface area contributed by atoms with Crippen molar-refractivity contribution in [3.8, 4) is 0 Å². The molecule has 7 heteroatoms. The van der Waals surface area contributed by atoms with Crippen LogP contribution in [0, 0.1) is 17.5 Å². The largest absolute Gasteiger partial charge is 0.389 e. The van der Waals surface area contributed by atoms with E-state index < -0.39 is 23.8 Å². The van der Waals surface area contributed by atoms with Gasteiger partial charge in [-0.25, -0.2) is 13.2 Å². The van der Waals surface area contributed by atoms with Crippen LogP contribution in [0.3, 0.4) is 0 Å². The van der Waals surface area contributed by atoms with Crippen molar-refractivity contribution in [3.63, 3.8) is 0 Å².